The molecule has 122 valence electrons. The summed E-state index contributed by atoms with van der Waals surface area (Å²) >= 11 is 1.96. The molecule has 1 aliphatic rings. The second-order valence-corrected chi connectivity index (χ2v) is 6.55. The molecule has 4 nitrogen and oxygen atoms in total. The van der Waals surface area contributed by atoms with Gasteiger partial charge in [-0.15, -0.1) is 11.8 Å². The van der Waals surface area contributed by atoms with Crippen molar-refractivity contribution in [3.63, 3.8) is 0 Å². The van der Waals surface area contributed by atoms with Crippen molar-refractivity contribution < 1.29 is 4.74 Å². The van der Waals surface area contributed by atoms with E-state index in [1.165, 1.54) is 17.1 Å². The van der Waals surface area contributed by atoms with Gasteiger partial charge in [0.15, 0.2) is 5.96 Å². The fourth-order valence-corrected chi connectivity index (χ4v) is 3.61. The summed E-state index contributed by atoms with van der Waals surface area (Å²) < 4.78 is 5.08. The average Bonchev–Trinajstić information content (AvgIpc) is 3.02. The molecule has 0 saturated carbocycles. The lowest BCUT2D eigenvalue weighted by Gasteiger charge is -2.21. The Labute approximate surface area is 138 Å². The highest BCUT2D eigenvalue weighted by atomic mass is 32.2. The first-order valence-corrected chi connectivity index (χ1v) is 9.02. The molecule has 0 radical (unpaired) electrons. The Morgan fingerprint density at radius 2 is 2.23 bits per heavy atom. The Kier molecular flexibility index (Phi) is 7.60. The van der Waals surface area contributed by atoms with E-state index >= 15 is 0 Å². The molecule has 1 N–H and O–H groups in total. The summed E-state index contributed by atoms with van der Waals surface area (Å²) in [5.74, 6) is 2.95. The number of hydrogen-bond donors (Lipinski definition) is 1. The molecule has 0 spiro atoms. The number of nitrogens with zero attached hydrogens (tertiary/aromatic N) is 2. The molecule has 2 rings (SSSR count). The molecule has 1 heterocycles. The lowest BCUT2D eigenvalue weighted by atomic mass is 10.2. The molecule has 0 aliphatic carbocycles. The number of likely N-dealkylation sites (tertiary alicyclic amines) is 1. The zero-order valence-corrected chi connectivity index (χ0v) is 14.4. The summed E-state index contributed by atoms with van der Waals surface area (Å²) in [5.41, 5.74) is 0. The topological polar surface area (TPSA) is 36.9 Å². The first kappa shape index (κ1) is 17.2. The van der Waals surface area contributed by atoms with Crippen LogP contribution in [0.2, 0.25) is 0 Å². The fourth-order valence-electron chi connectivity index (χ4n) is 2.56. The molecule has 0 amide bonds. The fraction of sp³-hybridized carbons (Fsp3) is 0.588. The summed E-state index contributed by atoms with van der Waals surface area (Å²) in [6.07, 6.45) is 1.24. The molecule has 1 unspecified atom stereocenters. The molecule has 22 heavy (non-hydrogen) atoms. The molecule has 5 heteroatoms. The van der Waals surface area contributed by atoms with Crippen LogP contribution in [0, 0.1) is 5.92 Å². The highest BCUT2D eigenvalue weighted by molar-refractivity contribution is 7.99. The zero-order chi connectivity index (χ0) is 15.6. The maximum Gasteiger partial charge on any atom is 0.194 e. The summed E-state index contributed by atoms with van der Waals surface area (Å²) in [5, 5.41) is 3.39. The minimum Gasteiger partial charge on any atom is -0.383 e. The van der Waals surface area contributed by atoms with E-state index in [1.54, 1.807) is 7.11 Å². The molecular weight excluding hydrogens is 294 g/mol. The SMILES string of the molecule is CCNC(=NCCOC)N1CCC(CSc2ccccc2)C1. The van der Waals surface area contributed by atoms with Crippen LogP contribution < -0.4 is 5.32 Å². The smallest absolute Gasteiger partial charge is 0.194 e. The first-order valence-electron chi connectivity index (χ1n) is 8.03. The van der Waals surface area contributed by atoms with Crippen LogP contribution in [0.4, 0.5) is 0 Å². The molecule has 1 aliphatic heterocycles. The number of nitrogens with one attached hydrogen (secondary N) is 1. The maximum absolute atomic E-state index is 5.08. The Balaban J connectivity index is 1.80. The van der Waals surface area contributed by atoms with Gasteiger partial charge in [-0.2, -0.15) is 0 Å². The Bertz CT molecular complexity index is 452. The van der Waals surface area contributed by atoms with Gasteiger partial charge >= 0.3 is 0 Å². The van der Waals surface area contributed by atoms with Gasteiger partial charge in [0.25, 0.3) is 0 Å². The molecule has 1 aromatic carbocycles. The van der Waals surface area contributed by atoms with Crippen molar-refractivity contribution in [1.82, 2.24) is 10.2 Å². The largest absolute Gasteiger partial charge is 0.383 e. The number of guanidine groups is 1. The number of ether oxygens (including phenoxy) is 1. The summed E-state index contributed by atoms with van der Waals surface area (Å²) in [6, 6.07) is 10.7. The van der Waals surface area contributed by atoms with E-state index in [0.29, 0.717) is 6.61 Å². The third kappa shape index (κ3) is 5.54. The van der Waals surface area contributed by atoms with Crippen molar-refractivity contribution in [3.05, 3.63) is 30.3 Å². The third-order valence-electron chi connectivity index (χ3n) is 3.71. The van der Waals surface area contributed by atoms with Crippen LogP contribution in [0.3, 0.4) is 0 Å². The second-order valence-electron chi connectivity index (χ2n) is 5.45. The van der Waals surface area contributed by atoms with Crippen LogP contribution in [0.1, 0.15) is 13.3 Å². The van der Waals surface area contributed by atoms with E-state index in [9.17, 15) is 0 Å². The van der Waals surface area contributed by atoms with Crippen molar-refractivity contribution in [2.45, 2.75) is 18.2 Å². The molecule has 1 aromatic rings. The van der Waals surface area contributed by atoms with Gasteiger partial charge in [-0.3, -0.25) is 4.99 Å². The average molecular weight is 321 g/mol. The zero-order valence-electron chi connectivity index (χ0n) is 13.6. The number of thioether (sulfide) groups is 1. The number of aliphatic imine (C=N–C) groups is 1. The van der Waals surface area contributed by atoms with Crippen molar-refractivity contribution in [2.24, 2.45) is 10.9 Å². The lowest BCUT2D eigenvalue weighted by molar-refractivity contribution is 0.207. The normalized spacial score (nSPS) is 18.7. The molecule has 1 atom stereocenters. The molecular formula is C17H27N3OS. The summed E-state index contributed by atoms with van der Waals surface area (Å²) in [7, 11) is 1.72. The minimum atomic E-state index is 0.677. The maximum atomic E-state index is 5.08. The van der Waals surface area contributed by atoms with E-state index in [2.05, 4.69) is 52.5 Å². The number of rotatable bonds is 7. The van der Waals surface area contributed by atoms with Crippen LogP contribution in [-0.4, -0.2) is 56.5 Å². The van der Waals surface area contributed by atoms with Crippen molar-refractivity contribution in [1.29, 1.82) is 0 Å². The Morgan fingerprint density at radius 3 is 2.95 bits per heavy atom. The third-order valence-corrected chi connectivity index (χ3v) is 4.95. The van der Waals surface area contributed by atoms with Crippen LogP contribution in [0.5, 0.6) is 0 Å². The predicted molar refractivity (Wildman–Crippen MR) is 94.7 cm³/mol. The predicted octanol–water partition coefficient (Wildman–Crippen LogP) is 2.71. The van der Waals surface area contributed by atoms with Gasteiger partial charge in [0.05, 0.1) is 13.2 Å². The highest BCUT2D eigenvalue weighted by Crippen LogP contribution is 2.25. The van der Waals surface area contributed by atoms with Gasteiger partial charge in [-0.1, -0.05) is 18.2 Å². The van der Waals surface area contributed by atoms with Crippen LogP contribution in [0.15, 0.2) is 40.2 Å². The standard InChI is InChI=1S/C17H27N3OS/c1-3-18-17(19-10-12-21-2)20-11-9-15(13-20)14-22-16-7-5-4-6-8-16/h4-8,15H,3,9-14H2,1-2H3,(H,18,19). The van der Waals surface area contributed by atoms with Gasteiger partial charge < -0.3 is 15.0 Å². The van der Waals surface area contributed by atoms with Crippen molar-refractivity contribution >= 4 is 17.7 Å². The molecule has 1 saturated heterocycles. The van der Waals surface area contributed by atoms with Gasteiger partial charge in [-0.05, 0) is 31.4 Å². The van der Waals surface area contributed by atoms with Crippen LogP contribution in [0.25, 0.3) is 0 Å². The first-order chi connectivity index (χ1) is 10.8. The van der Waals surface area contributed by atoms with E-state index < -0.39 is 0 Å². The Hall–Kier alpha value is -1.20. The highest BCUT2D eigenvalue weighted by Gasteiger charge is 2.24. The van der Waals surface area contributed by atoms with Crippen LogP contribution >= 0.6 is 11.8 Å². The van der Waals surface area contributed by atoms with Crippen molar-refractivity contribution in [2.75, 3.05) is 45.6 Å². The van der Waals surface area contributed by atoms with E-state index in [1.807, 2.05) is 11.8 Å². The van der Waals surface area contributed by atoms with Gasteiger partial charge in [0.2, 0.25) is 0 Å². The second kappa shape index (κ2) is 9.74. The van der Waals surface area contributed by atoms with Gasteiger partial charge in [0, 0.05) is 37.4 Å². The van der Waals surface area contributed by atoms with Crippen molar-refractivity contribution in [3.8, 4) is 0 Å². The quantitative estimate of drug-likeness (QED) is 0.363. The van der Waals surface area contributed by atoms with Gasteiger partial charge in [0.1, 0.15) is 0 Å². The summed E-state index contributed by atoms with van der Waals surface area (Å²) in [6.45, 7) is 6.61. The van der Waals surface area contributed by atoms with Gasteiger partial charge in [-0.25, -0.2) is 0 Å². The Morgan fingerprint density at radius 1 is 1.41 bits per heavy atom. The lowest BCUT2D eigenvalue weighted by Crippen LogP contribution is -2.40. The molecule has 0 aromatic heterocycles. The van der Waals surface area contributed by atoms with E-state index in [0.717, 1.165) is 38.1 Å². The number of methoxy groups -OCH3 is 1. The molecule has 0 bridgehead atoms. The molecule has 1 fully saturated rings. The number of benzene rings is 1. The van der Waals surface area contributed by atoms with E-state index in [-0.39, 0.29) is 0 Å². The summed E-state index contributed by atoms with van der Waals surface area (Å²) in [4.78, 5) is 8.38. The monoisotopic (exact) mass is 321 g/mol. The van der Waals surface area contributed by atoms with E-state index in [4.69, 9.17) is 4.74 Å². The number of hydrogen-bond acceptors (Lipinski definition) is 3. The van der Waals surface area contributed by atoms with Crippen LogP contribution in [-0.2, 0) is 4.74 Å². The minimum absolute atomic E-state index is 0.677.